The van der Waals surface area contributed by atoms with E-state index in [2.05, 4.69) is 11.1 Å². The third kappa shape index (κ3) is 3.29. The van der Waals surface area contributed by atoms with Crippen molar-refractivity contribution in [1.29, 1.82) is 5.26 Å². The number of benzene rings is 2. The molecule has 2 heterocycles. The number of hydrogen-bond acceptors (Lipinski definition) is 5. The summed E-state index contributed by atoms with van der Waals surface area (Å²) >= 11 is 1.59. The van der Waals surface area contributed by atoms with Gasteiger partial charge in [-0.15, -0.1) is 11.3 Å². The first-order chi connectivity index (χ1) is 13.0. The van der Waals surface area contributed by atoms with Crippen LogP contribution in [-0.2, 0) is 11.3 Å². The van der Waals surface area contributed by atoms with E-state index in [0.717, 1.165) is 27.5 Å². The first kappa shape index (κ1) is 17.3. The van der Waals surface area contributed by atoms with Crippen LogP contribution in [0.4, 0.5) is 5.69 Å². The van der Waals surface area contributed by atoms with Crippen LogP contribution in [0.3, 0.4) is 0 Å². The summed E-state index contributed by atoms with van der Waals surface area (Å²) in [6, 6.07) is 15.2. The average molecular weight is 375 g/mol. The Hall–Kier alpha value is -3.17. The van der Waals surface area contributed by atoms with Gasteiger partial charge in [0, 0.05) is 10.9 Å². The van der Waals surface area contributed by atoms with Crippen molar-refractivity contribution in [3.63, 3.8) is 0 Å². The predicted octanol–water partition coefficient (Wildman–Crippen LogP) is 4.30. The molecule has 134 valence electrons. The van der Waals surface area contributed by atoms with Crippen molar-refractivity contribution in [2.45, 2.75) is 26.5 Å². The Labute approximate surface area is 161 Å². The Balaban J connectivity index is 1.75. The van der Waals surface area contributed by atoms with Crippen molar-refractivity contribution < 1.29 is 9.53 Å². The Morgan fingerprint density at radius 3 is 2.89 bits per heavy atom. The molecule has 5 nitrogen and oxygen atoms in total. The second-order valence-corrected chi connectivity index (χ2v) is 7.49. The number of anilines is 1. The molecule has 3 aromatic rings. The minimum Gasteiger partial charge on any atom is -0.479 e. The highest BCUT2D eigenvalue weighted by molar-refractivity contribution is 7.09. The molecule has 0 spiro atoms. The summed E-state index contributed by atoms with van der Waals surface area (Å²) in [4.78, 5) is 19.1. The number of amides is 1. The number of fused-ring (bicyclic) bond motifs is 1. The fourth-order valence-corrected chi connectivity index (χ4v) is 3.77. The van der Waals surface area contributed by atoms with Gasteiger partial charge in [0.15, 0.2) is 6.10 Å². The summed E-state index contributed by atoms with van der Waals surface area (Å²) in [6.45, 7) is 4.10. The van der Waals surface area contributed by atoms with Crippen molar-refractivity contribution in [2.75, 3.05) is 4.90 Å². The van der Waals surface area contributed by atoms with Crippen LogP contribution in [0, 0.1) is 18.3 Å². The highest BCUT2D eigenvalue weighted by atomic mass is 32.1. The second-order valence-electron chi connectivity index (χ2n) is 6.43. The van der Waals surface area contributed by atoms with E-state index < -0.39 is 6.10 Å². The fraction of sp³-hybridized carbons (Fsp3) is 0.190. The number of nitriles is 1. The molecule has 0 N–H and O–H groups in total. The first-order valence-corrected chi connectivity index (χ1v) is 9.47. The summed E-state index contributed by atoms with van der Waals surface area (Å²) in [7, 11) is 0. The smallest absolute Gasteiger partial charge is 0.268 e. The van der Waals surface area contributed by atoms with Gasteiger partial charge in [0.05, 0.1) is 34.6 Å². The van der Waals surface area contributed by atoms with Gasteiger partial charge in [0.2, 0.25) is 0 Å². The monoisotopic (exact) mass is 375 g/mol. The number of rotatable bonds is 3. The van der Waals surface area contributed by atoms with E-state index in [1.165, 1.54) is 0 Å². The third-order valence-corrected chi connectivity index (χ3v) is 5.25. The maximum atomic E-state index is 12.8. The van der Waals surface area contributed by atoms with Crippen molar-refractivity contribution in [3.05, 3.63) is 64.0 Å². The van der Waals surface area contributed by atoms with E-state index in [-0.39, 0.29) is 5.91 Å². The number of aryl methyl sites for hydroxylation is 1. The minimum absolute atomic E-state index is 0.100. The normalized spacial score (nSPS) is 15.8. The molecule has 0 saturated carbocycles. The molecular weight excluding hydrogens is 358 g/mol. The summed E-state index contributed by atoms with van der Waals surface area (Å²) in [5.41, 5.74) is 4.03. The highest BCUT2D eigenvalue weighted by Crippen LogP contribution is 2.38. The molecule has 1 aliphatic heterocycles. The van der Waals surface area contributed by atoms with E-state index >= 15 is 0 Å². The van der Waals surface area contributed by atoms with Crippen LogP contribution in [0.15, 0.2) is 47.8 Å². The van der Waals surface area contributed by atoms with Crippen LogP contribution in [-0.4, -0.2) is 17.0 Å². The van der Waals surface area contributed by atoms with Crippen LogP contribution in [0.1, 0.15) is 23.1 Å². The maximum absolute atomic E-state index is 12.8. The van der Waals surface area contributed by atoms with Crippen LogP contribution in [0.2, 0.25) is 0 Å². The fourth-order valence-electron chi connectivity index (χ4n) is 3.15. The van der Waals surface area contributed by atoms with Crippen molar-refractivity contribution >= 4 is 22.9 Å². The quantitative estimate of drug-likeness (QED) is 0.684. The lowest BCUT2D eigenvalue weighted by Crippen LogP contribution is -2.44. The molecule has 6 heteroatoms. The van der Waals surface area contributed by atoms with Crippen LogP contribution in [0.25, 0.3) is 11.3 Å². The molecule has 0 radical (unpaired) electrons. The highest BCUT2D eigenvalue weighted by Gasteiger charge is 2.32. The lowest BCUT2D eigenvalue weighted by atomic mass is 10.1. The first-order valence-electron chi connectivity index (χ1n) is 8.59. The van der Waals surface area contributed by atoms with Gasteiger partial charge in [-0.1, -0.05) is 12.1 Å². The molecule has 0 aliphatic carbocycles. The molecule has 2 aromatic carbocycles. The predicted molar refractivity (Wildman–Crippen MR) is 105 cm³/mol. The number of hydrogen-bond donors (Lipinski definition) is 0. The van der Waals surface area contributed by atoms with Crippen molar-refractivity contribution in [2.24, 2.45) is 0 Å². The third-order valence-electron chi connectivity index (χ3n) is 4.48. The Kier molecular flexibility index (Phi) is 4.38. The van der Waals surface area contributed by atoms with Gasteiger partial charge in [0.25, 0.3) is 5.91 Å². The van der Waals surface area contributed by atoms with Gasteiger partial charge in [-0.3, -0.25) is 4.79 Å². The molecule has 1 unspecified atom stereocenters. The summed E-state index contributed by atoms with van der Waals surface area (Å²) in [6.07, 6.45) is -0.552. The van der Waals surface area contributed by atoms with Gasteiger partial charge in [-0.25, -0.2) is 4.98 Å². The maximum Gasteiger partial charge on any atom is 0.268 e. The number of thiazole rings is 1. The summed E-state index contributed by atoms with van der Waals surface area (Å²) < 4.78 is 5.79. The molecule has 1 amide bonds. The zero-order valence-corrected chi connectivity index (χ0v) is 15.8. The van der Waals surface area contributed by atoms with Gasteiger partial charge < -0.3 is 9.64 Å². The lowest BCUT2D eigenvalue weighted by molar-refractivity contribution is -0.125. The van der Waals surface area contributed by atoms with Gasteiger partial charge in [-0.2, -0.15) is 5.26 Å². The van der Waals surface area contributed by atoms with Gasteiger partial charge in [-0.05, 0) is 49.7 Å². The summed E-state index contributed by atoms with van der Waals surface area (Å²) in [5, 5.41) is 12.1. The number of carbonyl (C=O) groups excluding carboxylic acids is 1. The second kappa shape index (κ2) is 6.86. The molecule has 1 aliphatic rings. The van der Waals surface area contributed by atoms with E-state index in [0.29, 0.717) is 17.9 Å². The van der Waals surface area contributed by atoms with Gasteiger partial charge in [0.1, 0.15) is 5.75 Å². The van der Waals surface area contributed by atoms with Gasteiger partial charge >= 0.3 is 0 Å². The molecule has 1 aromatic heterocycles. The molecule has 0 bridgehead atoms. The van der Waals surface area contributed by atoms with E-state index in [9.17, 15) is 4.79 Å². The largest absolute Gasteiger partial charge is 0.479 e. The standard InChI is InChI=1S/C21H17N3O2S/c1-13-21(25)24(11-16-5-3-4-15(8-16)10-22)19-9-17(6-7-20(19)26-13)18-12-27-14(2)23-18/h3-9,12-13H,11H2,1-2H3. The molecule has 0 saturated heterocycles. The minimum atomic E-state index is -0.552. The molecule has 27 heavy (non-hydrogen) atoms. The number of carbonyl (C=O) groups is 1. The van der Waals surface area contributed by atoms with Crippen molar-refractivity contribution in [3.8, 4) is 23.1 Å². The Bertz CT molecular complexity index is 1070. The van der Waals surface area contributed by atoms with Crippen molar-refractivity contribution in [1.82, 2.24) is 4.98 Å². The molecular formula is C21H17N3O2S. The van der Waals surface area contributed by atoms with E-state index in [1.54, 1.807) is 35.3 Å². The zero-order valence-electron chi connectivity index (χ0n) is 15.0. The van der Waals surface area contributed by atoms with Crippen LogP contribution in [0.5, 0.6) is 5.75 Å². The molecule has 0 fully saturated rings. The number of nitrogens with zero attached hydrogens (tertiary/aromatic N) is 3. The van der Waals surface area contributed by atoms with Crippen LogP contribution >= 0.6 is 11.3 Å². The number of ether oxygens (including phenoxy) is 1. The lowest BCUT2D eigenvalue weighted by Gasteiger charge is -2.33. The Morgan fingerprint density at radius 2 is 2.15 bits per heavy atom. The summed E-state index contributed by atoms with van der Waals surface area (Å²) in [5.74, 6) is 0.575. The number of aromatic nitrogens is 1. The van der Waals surface area contributed by atoms with Crippen LogP contribution < -0.4 is 9.64 Å². The molecule has 1 atom stereocenters. The SMILES string of the molecule is Cc1nc(-c2ccc3c(c2)N(Cc2cccc(C#N)c2)C(=O)C(C)O3)cs1. The zero-order chi connectivity index (χ0) is 19.0. The Morgan fingerprint density at radius 1 is 1.30 bits per heavy atom. The van der Waals surface area contributed by atoms with E-state index in [4.69, 9.17) is 10.00 Å². The van der Waals surface area contributed by atoms with E-state index in [1.807, 2.05) is 42.6 Å². The molecule has 4 rings (SSSR count). The average Bonchev–Trinajstić information content (AvgIpc) is 3.11. The topological polar surface area (TPSA) is 66.2 Å².